The van der Waals surface area contributed by atoms with Crippen LogP contribution in [0.5, 0.6) is 0 Å². The van der Waals surface area contributed by atoms with Gasteiger partial charge in [0.1, 0.15) is 0 Å². The van der Waals surface area contributed by atoms with Crippen LogP contribution in [0.3, 0.4) is 0 Å². The molecule has 1 aromatic carbocycles. The first kappa shape index (κ1) is 13.1. The smallest absolute Gasteiger partial charge is 0.202 e. The molecule has 0 spiro atoms. The lowest BCUT2D eigenvalue weighted by Gasteiger charge is -2.16. The number of hydrogen-bond acceptors (Lipinski definition) is 1. The second-order valence-corrected chi connectivity index (χ2v) is 4.04. The Morgan fingerprint density at radius 1 is 1.12 bits per heavy atom. The lowest BCUT2D eigenvalue weighted by molar-refractivity contribution is 0.0169. The first-order valence-electron chi connectivity index (χ1n) is 4.41. The summed E-state index contributed by atoms with van der Waals surface area (Å²) in [5.41, 5.74) is -0.832. The maximum absolute atomic E-state index is 13.0. The molecule has 0 saturated heterocycles. The predicted octanol–water partition coefficient (Wildman–Crippen LogP) is 4.42. The highest BCUT2D eigenvalue weighted by molar-refractivity contribution is 7.81. The molecule has 5 heteroatoms. The Labute approximate surface area is 96.4 Å². The fourth-order valence-electron chi connectivity index (χ4n) is 1.20. The van der Waals surface area contributed by atoms with E-state index in [0.29, 0.717) is 6.92 Å². The van der Waals surface area contributed by atoms with Gasteiger partial charge in [0.25, 0.3) is 5.92 Å². The topological polar surface area (TPSA) is 0 Å². The van der Waals surface area contributed by atoms with Crippen LogP contribution in [0.1, 0.15) is 23.6 Å². The molecule has 0 aromatic heterocycles. The van der Waals surface area contributed by atoms with Crippen LogP contribution in [-0.4, -0.2) is 0 Å². The molecule has 0 aliphatic rings. The van der Waals surface area contributed by atoms with Crippen molar-refractivity contribution < 1.29 is 17.6 Å². The van der Waals surface area contributed by atoms with Crippen LogP contribution in [0.2, 0.25) is 0 Å². The Balaban J connectivity index is 3.39. The molecule has 1 aromatic rings. The summed E-state index contributed by atoms with van der Waals surface area (Å²) in [4.78, 5) is 0. The van der Waals surface area contributed by atoms with Gasteiger partial charge in [-0.05, 0) is 23.8 Å². The monoisotopic (exact) mass is 250 g/mol. The average Bonchev–Trinajstić information content (AvgIpc) is 2.14. The van der Waals surface area contributed by atoms with Gasteiger partial charge < -0.3 is 0 Å². The first-order chi connectivity index (χ1) is 7.14. The quantitative estimate of drug-likeness (QED) is 0.595. The zero-order chi connectivity index (χ0) is 12.6. The number of hydrogen-bond donors (Lipinski definition) is 1. The molecular formula is C11H10F4S. The van der Waals surface area contributed by atoms with E-state index in [2.05, 4.69) is 19.2 Å². The molecule has 0 nitrogen and oxygen atoms in total. The van der Waals surface area contributed by atoms with Crippen LogP contribution in [-0.2, 0) is 11.2 Å². The molecule has 0 amide bonds. The van der Waals surface area contributed by atoms with E-state index in [1.54, 1.807) is 0 Å². The number of thiol groups is 1. The van der Waals surface area contributed by atoms with Crippen molar-refractivity contribution in [3.8, 4) is 0 Å². The molecule has 0 aliphatic carbocycles. The largest absolute Gasteiger partial charge is 0.316 e. The van der Waals surface area contributed by atoms with Crippen molar-refractivity contribution in [2.24, 2.45) is 0 Å². The van der Waals surface area contributed by atoms with Gasteiger partial charge in [-0.1, -0.05) is 12.7 Å². The van der Waals surface area contributed by atoms with E-state index in [0.717, 1.165) is 18.2 Å². The van der Waals surface area contributed by atoms with Gasteiger partial charge in [-0.2, -0.15) is 8.78 Å². The Bertz CT molecular complexity index is 369. The number of benzene rings is 1. The summed E-state index contributed by atoms with van der Waals surface area (Å²) in [6.07, 6.45) is 1.23. The fourth-order valence-corrected chi connectivity index (χ4v) is 1.33. The van der Waals surface area contributed by atoms with Crippen molar-refractivity contribution in [3.63, 3.8) is 0 Å². The molecule has 0 fully saturated rings. The van der Waals surface area contributed by atoms with E-state index in [-0.39, 0.29) is 5.56 Å². The minimum Gasteiger partial charge on any atom is -0.202 e. The third-order valence-corrected chi connectivity index (χ3v) is 2.30. The second-order valence-electron chi connectivity index (χ2n) is 3.48. The average molecular weight is 250 g/mol. The molecule has 0 heterocycles. The zero-order valence-corrected chi connectivity index (χ0v) is 9.37. The summed E-state index contributed by atoms with van der Waals surface area (Å²) in [7, 11) is 0. The Morgan fingerprint density at radius 3 is 2.00 bits per heavy atom. The maximum Gasteiger partial charge on any atom is 0.316 e. The molecule has 0 bridgehead atoms. The van der Waals surface area contributed by atoms with Crippen LogP contribution in [0.15, 0.2) is 24.8 Å². The van der Waals surface area contributed by atoms with Crippen molar-refractivity contribution in [2.75, 3.05) is 0 Å². The first-order valence-corrected chi connectivity index (χ1v) is 4.86. The van der Waals surface area contributed by atoms with Crippen molar-refractivity contribution in [2.45, 2.75) is 18.1 Å². The normalized spacial score (nSPS) is 12.6. The van der Waals surface area contributed by atoms with Gasteiger partial charge in [-0.15, -0.1) is 12.6 Å². The molecule has 0 radical (unpaired) electrons. The van der Waals surface area contributed by atoms with Gasteiger partial charge in [0.05, 0.1) is 0 Å². The predicted molar refractivity (Wildman–Crippen MR) is 59.0 cm³/mol. The molecule has 0 unspecified atom stereocenters. The van der Waals surface area contributed by atoms with E-state index in [9.17, 15) is 17.6 Å². The third kappa shape index (κ3) is 3.01. The van der Waals surface area contributed by atoms with Gasteiger partial charge in [0.15, 0.2) is 0 Å². The van der Waals surface area contributed by atoms with E-state index < -0.39 is 22.3 Å². The third-order valence-electron chi connectivity index (χ3n) is 2.05. The number of alkyl halides is 4. The zero-order valence-electron chi connectivity index (χ0n) is 8.48. The van der Waals surface area contributed by atoms with E-state index >= 15 is 0 Å². The van der Waals surface area contributed by atoms with E-state index in [4.69, 9.17) is 0 Å². The molecule has 1 rings (SSSR count). The molecule has 88 valence electrons. The van der Waals surface area contributed by atoms with Crippen LogP contribution < -0.4 is 0 Å². The number of rotatable bonds is 3. The molecule has 0 atom stereocenters. The Kier molecular flexibility index (Phi) is 3.38. The van der Waals surface area contributed by atoms with Gasteiger partial charge >= 0.3 is 5.25 Å². The van der Waals surface area contributed by atoms with Crippen LogP contribution in [0.25, 0.3) is 6.08 Å². The van der Waals surface area contributed by atoms with Gasteiger partial charge in [-0.25, -0.2) is 8.78 Å². The van der Waals surface area contributed by atoms with E-state index in [1.807, 2.05) is 0 Å². The minimum atomic E-state index is -3.45. The summed E-state index contributed by atoms with van der Waals surface area (Å²) in [5, 5.41) is -3.45. The van der Waals surface area contributed by atoms with Crippen molar-refractivity contribution >= 4 is 18.7 Å². The Hall–Kier alpha value is -0.970. The summed E-state index contributed by atoms with van der Waals surface area (Å²) in [6, 6.07) is 2.95. The van der Waals surface area contributed by atoms with Crippen LogP contribution in [0.4, 0.5) is 17.6 Å². The molecule has 0 saturated carbocycles. The highest BCUT2D eigenvalue weighted by atomic mass is 32.1. The standard InChI is InChI=1S/C11H10F4S/c1-3-7-4-8(10(2,12)13)6-9(5-7)11(14,15)16/h3-6,16H,1H2,2H3. The lowest BCUT2D eigenvalue weighted by atomic mass is 10.0. The molecular weight excluding hydrogens is 240 g/mol. The summed E-state index contributed by atoms with van der Waals surface area (Å²) in [5.74, 6) is -3.17. The molecule has 0 N–H and O–H groups in total. The summed E-state index contributed by atoms with van der Waals surface area (Å²) in [6.45, 7) is 4.01. The number of halogens is 4. The van der Waals surface area contributed by atoms with Crippen molar-refractivity contribution in [3.05, 3.63) is 41.5 Å². The van der Waals surface area contributed by atoms with Crippen molar-refractivity contribution in [1.82, 2.24) is 0 Å². The highest BCUT2D eigenvalue weighted by Crippen LogP contribution is 2.36. The van der Waals surface area contributed by atoms with Gasteiger partial charge in [-0.3, -0.25) is 0 Å². The minimum absolute atomic E-state index is 0.211. The summed E-state index contributed by atoms with van der Waals surface area (Å²) < 4.78 is 51.9. The highest BCUT2D eigenvalue weighted by Gasteiger charge is 2.31. The fraction of sp³-hybridized carbons (Fsp3) is 0.273. The van der Waals surface area contributed by atoms with E-state index in [1.165, 1.54) is 6.08 Å². The van der Waals surface area contributed by atoms with Crippen molar-refractivity contribution in [1.29, 1.82) is 0 Å². The van der Waals surface area contributed by atoms with Crippen LogP contribution >= 0.6 is 12.6 Å². The second kappa shape index (κ2) is 4.13. The maximum atomic E-state index is 13.0. The van der Waals surface area contributed by atoms with Gasteiger partial charge in [0, 0.05) is 18.1 Å². The lowest BCUT2D eigenvalue weighted by Crippen LogP contribution is -2.11. The van der Waals surface area contributed by atoms with Crippen LogP contribution in [0, 0.1) is 0 Å². The SMILES string of the molecule is C=Cc1cc(C(C)(F)F)cc(C(F)(F)S)c1. The van der Waals surface area contributed by atoms with Gasteiger partial charge in [0.2, 0.25) is 0 Å². The Morgan fingerprint density at radius 2 is 1.62 bits per heavy atom. The molecule has 16 heavy (non-hydrogen) atoms. The molecule has 0 aliphatic heterocycles. The summed E-state index contributed by atoms with van der Waals surface area (Å²) >= 11 is 3.06.